The third-order valence-electron chi connectivity index (χ3n) is 3.96. The first-order chi connectivity index (χ1) is 12.6. The van der Waals surface area contributed by atoms with Gasteiger partial charge in [-0.05, 0) is 41.5 Å². The molecule has 5 nitrogen and oxygen atoms in total. The number of nitrogens with one attached hydrogen (secondary N) is 2. The van der Waals surface area contributed by atoms with E-state index in [1.807, 2.05) is 55.5 Å². The van der Waals surface area contributed by atoms with Crippen LogP contribution in [0.2, 0.25) is 0 Å². The van der Waals surface area contributed by atoms with Gasteiger partial charge in [0.15, 0.2) is 0 Å². The van der Waals surface area contributed by atoms with Crippen LogP contribution in [0.15, 0.2) is 77.9 Å². The minimum absolute atomic E-state index is 0.137. The van der Waals surface area contributed by atoms with E-state index in [1.165, 1.54) is 0 Å². The van der Waals surface area contributed by atoms with Crippen molar-refractivity contribution in [2.45, 2.75) is 6.92 Å². The molecule has 0 radical (unpaired) electrons. The summed E-state index contributed by atoms with van der Waals surface area (Å²) in [6, 6.07) is 22.8. The number of hydrogen-bond acceptors (Lipinski definition) is 3. The predicted octanol–water partition coefficient (Wildman–Crippen LogP) is 3.11. The Labute approximate surface area is 151 Å². The van der Waals surface area contributed by atoms with Crippen molar-refractivity contribution in [3.05, 3.63) is 83.9 Å². The number of carbonyl (C=O) groups excluding carboxylic acids is 2. The van der Waals surface area contributed by atoms with Gasteiger partial charge in [0, 0.05) is 5.56 Å². The fourth-order valence-corrected chi connectivity index (χ4v) is 2.52. The highest BCUT2D eigenvalue weighted by atomic mass is 16.2. The molecule has 0 unspecified atom stereocenters. The molecule has 0 fully saturated rings. The van der Waals surface area contributed by atoms with E-state index in [0.29, 0.717) is 11.3 Å². The molecule has 2 N–H and O–H groups in total. The Morgan fingerprint density at radius 3 is 2.31 bits per heavy atom. The normalized spacial score (nSPS) is 11.2. The molecule has 0 aromatic heterocycles. The maximum Gasteiger partial charge on any atom is 0.259 e. The predicted molar refractivity (Wildman–Crippen MR) is 103 cm³/mol. The highest BCUT2D eigenvalue weighted by Gasteiger charge is 2.07. The van der Waals surface area contributed by atoms with Crippen molar-refractivity contribution in [3.63, 3.8) is 0 Å². The van der Waals surface area contributed by atoms with E-state index >= 15 is 0 Å². The van der Waals surface area contributed by atoms with E-state index in [9.17, 15) is 9.59 Å². The molecule has 0 bridgehead atoms. The lowest BCUT2D eigenvalue weighted by Gasteiger charge is -2.06. The lowest BCUT2D eigenvalue weighted by Crippen LogP contribution is -2.35. The van der Waals surface area contributed by atoms with Crippen molar-refractivity contribution < 1.29 is 9.59 Å². The largest absolute Gasteiger partial charge is 0.343 e. The van der Waals surface area contributed by atoms with Gasteiger partial charge in [-0.25, -0.2) is 5.43 Å². The first-order valence-corrected chi connectivity index (χ1v) is 8.29. The van der Waals surface area contributed by atoms with Gasteiger partial charge in [-0.2, -0.15) is 5.10 Å². The molecule has 0 saturated carbocycles. The summed E-state index contributed by atoms with van der Waals surface area (Å²) >= 11 is 0. The lowest BCUT2D eigenvalue weighted by molar-refractivity contribution is -0.120. The van der Waals surface area contributed by atoms with Gasteiger partial charge in [0.2, 0.25) is 0 Å². The van der Waals surface area contributed by atoms with E-state index in [0.717, 1.165) is 16.3 Å². The Kier molecular flexibility index (Phi) is 5.39. The van der Waals surface area contributed by atoms with Crippen LogP contribution in [0.4, 0.5) is 0 Å². The molecule has 5 heteroatoms. The molecule has 130 valence electrons. The number of hydrogen-bond donors (Lipinski definition) is 2. The number of hydrazone groups is 1. The second-order valence-corrected chi connectivity index (χ2v) is 5.84. The molecule has 3 aromatic rings. The van der Waals surface area contributed by atoms with Crippen molar-refractivity contribution >= 4 is 28.3 Å². The Balaban J connectivity index is 1.57. The van der Waals surface area contributed by atoms with E-state index < -0.39 is 0 Å². The lowest BCUT2D eigenvalue weighted by atomic mass is 10.0. The van der Waals surface area contributed by atoms with Gasteiger partial charge in [0.1, 0.15) is 0 Å². The standard InChI is InChI=1S/C21H19N3O2/c1-15(18-12-11-16-7-5-6-10-19(16)13-18)23-24-20(25)14-22-21(26)17-8-3-2-4-9-17/h2-13H,14H2,1H3,(H,22,26)(H,24,25). The Morgan fingerprint density at radius 1 is 0.846 bits per heavy atom. The second kappa shape index (κ2) is 8.07. The van der Waals surface area contributed by atoms with Crippen LogP contribution < -0.4 is 10.7 Å². The van der Waals surface area contributed by atoms with Crippen LogP contribution in [0.25, 0.3) is 10.8 Å². The van der Waals surface area contributed by atoms with Crippen LogP contribution in [-0.4, -0.2) is 24.1 Å². The van der Waals surface area contributed by atoms with Gasteiger partial charge in [-0.15, -0.1) is 0 Å². The highest BCUT2D eigenvalue weighted by Crippen LogP contribution is 2.16. The minimum Gasteiger partial charge on any atom is -0.343 e. The summed E-state index contributed by atoms with van der Waals surface area (Å²) in [5, 5.41) is 8.95. The summed E-state index contributed by atoms with van der Waals surface area (Å²) in [5.41, 5.74) is 4.60. The van der Waals surface area contributed by atoms with Crippen LogP contribution in [0.3, 0.4) is 0 Å². The van der Waals surface area contributed by atoms with Crippen LogP contribution in [-0.2, 0) is 4.79 Å². The van der Waals surface area contributed by atoms with Gasteiger partial charge < -0.3 is 5.32 Å². The summed E-state index contributed by atoms with van der Waals surface area (Å²) in [4.78, 5) is 23.8. The summed E-state index contributed by atoms with van der Waals surface area (Å²) < 4.78 is 0. The number of benzene rings is 3. The molecule has 0 atom stereocenters. The Hall–Kier alpha value is -3.47. The van der Waals surface area contributed by atoms with Gasteiger partial charge >= 0.3 is 0 Å². The zero-order valence-corrected chi connectivity index (χ0v) is 14.4. The SMILES string of the molecule is CC(=NNC(=O)CNC(=O)c1ccccc1)c1ccc2ccccc2c1. The average molecular weight is 345 g/mol. The number of amides is 2. The Bertz CT molecular complexity index is 965. The molecule has 3 aromatic carbocycles. The molecule has 0 aliphatic heterocycles. The summed E-state index contributed by atoms with van der Waals surface area (Å²) in [6.45, 7) is 1.69. The fourth-order valence-electron chi connectivity index (χ4n) is 2.52. The monoisotopic (exact) mass is 345 g/mol. The highest BCUT2D eigenvalue weighted by molar-refractivity contribution is 6.02. The van der Waals surface area contributed by atoms with Crippen molar-refractivity contribution in [2.24, 2.45) is 5.10 Å². The quantitative estimate of drug-likeness (QED) is 0.551. The molecule has 3 rings (SSSR count). The molecule has 0 aliphatic carbocycles. The van der Waals surface area contributed by atoms with Crippen molar-refractivity contribution in [1.29, 1.82) is 0 Å². The molecule has 0 saturated heterocycles. The second-order valence-electron chi connectivity index (χ2n) is 5.84. The van der Waals surface area contributed by atoms with Gasteiger partial charge in [-0.1, -0.05) is 54.6 Å². The van der Waals surface area contributed by atoms with Crippen LogP contribution in [0, 0.1) is 0 Å². The fraction of sp³-hybridized carbons (Fsp3) is 0.0952. The molecule has 0 spiro atoms. The van der Waals surface area contributed by atoms with Crippen LogP contribution in [0.5, 0.6) is 0 Å². The zero-order chi connectivity index (χ0) is 18.4. The van der Waals surface area contributed by atoms with E-state index in [2.05, 4.69) is 15.8 Å². The molecular formula is C21H19N3O2. The van der Waals surface area contributed by atoms with Gasteiger partial charge in [0.25, 0.3) is 11.8 Å². The van der Waals surface area contributed by atoms with Crippen LogP contribution >= 0.6 is 0 Å². The van der Waals surface area contributed by atoms with Crippen molar-refractivity contribution in [2.75, 3.05) is 6.54 Å². The third kappa shape index (κ3) is 4.33. The van der Waals surface area contributed by atoms with Crippen molar-refractivity contribution in [1.82, 2.24) is 10.7 Å². The van der Waals surface area contributed by atoms with Crippen molar-refractivity contribution in [3.8, 4) is 0 Å². The number of fused-ring (bicyclic) bond motifs is 1. The van der Waals surface area contributed by atoms with E-state index in [-0.39, 0.29) is 18.4 Å². The van der Waals surface area contributed by atoms with E-state index in [1.54, 1.807) is 24.3 Å². The average Bonchev–Trinajstić information content (AvgIpc) is 2.70. The first-order valence-electron chi connectivity index (χ1n) is 8.29. The third-order valence-corrected chi connectivity index (χ3v) is 3.96. The Morgan fingerprint density at radius 2 is 1.54 bits per heavy atom. The maximum absolute atomic E-state index is 11.9. The van der Waals surface area contributed by atoms with Gasteiger partial charge in [0.05, 0.1) is 12.3 Å². The molecule has 0 heterocycles. The molecule has 0 aliphatic rings. The number of nitrogens with zero attached hydrogens (tertiary/aromatic N) is 1. The summed E-state index contributed by atoms with van der Waals surface area (Å²) in [5.74, 6) is -0.676. The van der Waals surface area contributed by atoms with Gasteiger partial charge in [-0.3, -0.25) is 9.59 Å². The number of carbonyl (C=O) groups is 2. The molecule has 2 amide bonds. The van der Waals surface area contributed by atoms with E-state index in [4.69, 9.17) is 0 Å². The topological polar surface area (TPSA) is 70.6 Å². The maximum atomic E-state index is 11.9. The molecule has 26 heavy (non-hydrogen) atoms. The molecular weight excluding hydrogens is 326 g/mol. The number of rotatable bonds is 5. The summed E-state index contributed by atoms with van der Waals surface area (Å²) in [6.07, 6.45) is 0. The summed E-state index contributed by atoms with van der Waals surface area (Å²) in [7, 11) is 0. The smallest absolute Gasteiger partial charge is 0.259 e. The first kappa shape index (κ1) is 17.4. The zero-order valence-electron chi connectivity index (χ0n) is 14.4. The van der Waals surface area contributed by atoms with Crippen LogP contribution in [0.1, 0.15) is 22.8 Å². The minimum atomic E-state index is -0.380.